The Morgan fingerprint density at radius 2 is 2.07 bits per heavy atom. The lowest BCUT2D eigenvalue weighted by Crippen LogP contribution is -2.51. The number of halogens is 1. The van der Waals surface area contributed by atoms with E-state index in [9.17, 15) is 4.79 Å². The summed E-state index contributed by atoms with van der Waals surface area (Å²) in [6.07, 6.45) is 4.97. The molecule has 0 unspecified atom stereocenters. The maximum atomic E-state index is 11.4. The molecule has 1 rings (SSSR count). The Bertz CT molecular complexity index is 197. The highest BCUT2D eigenvalue weighted by Crippen LogP contribution is 2.32. The molecule has 0 bridgehead atoms. The van der Waals surface area contributed by atoms with Crippen molar-refractivity contribution in [1.29, 1.82) is 0 Å². The SMILES string of the molecule is CCC(=O)NC1(CCl)CCC(C)CC1. The number of amides is 1. The molecule has 1 saturated carbocycles. The van der Waals surface area contributed by atoms with Gasteiger partial charge in [0.1, 0.15) is 0 Å². The van der Waals surface area contributed by atoms with Crippen LogP contribution in [0.5, 0.6) is 0 Å². The Kier molecular flexibility index (Phi) is 4.24. The quantitative estimate of drug-likeness (QED) is 0.724. The van der Waals surface area contributed by atoms with E-state index < -0.39 is 0 Å². The lowest BCUT2D eigenvalue weighted by Gasteiger charge is -2.38. The van der Waals surface area contributed by atoms with E-state index in [4.69, 9.17) is 11.6 Å². The van der Waals surface area contributed by atoms with Gasteiger partial charge in [-0.3, -0.25) is 4.79 Å². The summed E-state index contributed by atoms with van der Waals surface area (Å²) in [6, 6.07) is 0. The third-order valence-electron chi connectivity index (χ3n) is 3.21. The molecule has 1 aliphatic rings. The number of hydrogen-bond donors (Lipinski definition) is 1. The number of nitrogens with one attached hydrogen (secondary N) is 1. The molecule has 0 saturated heterocycles. The average Bonchev–Trinajstić information content (AvgIpc) is 2.22. The van der Waals surface area contributed by atoms with Crippen LogP contribution in [-0.4, -0.2) is 17.3 Å². The van der Waals surface area contributed by atoms with Crippen molar-refractivity contribution in [1.82, 2.24) is 5.32 Å². The minimum atomic E-state index is -0.110. The predicted octanol–water partition coefficient (Wildman–Crippen LogP) is 2.70. The molecule has 0 radical (unpaired) electrons. The molecule has 1 fully saturated rings. The van der Waals surface area contributed by atoms with E-state index in [2.05, 4.69) is 12.2 Å². The van der Waals surface area contributed by atoms with Gasteiger partial charge in [-0.1, -0.05) is 13.8 Å². The Morgan fingerprint density at radius 3 is 2.50 bits per heavy atom. The summed E-state index contributed by atoms with van der Waals surface area (Å²) in [7, 11) is 0. The van der Waals surface area contributed by atoms with Crippen LogP contribution in [0.2, 0.25) is 0 Å². The fourth-order valence-corrected chi connectivity index (χ4v) is 2.32. The predicted molar refractivity (Wildman–Crippen MR) is 59.5 cm³/mol. The van der Waals surface area contributed by atoms with E-state index in [1.807, 2.05) is 6.92 Å². The Labute approximate surface area is 91.4 Å². The third kappa shape index (κ3) is 2.88. The Hall–Kier alpha value is -0.240. The lowest BCUT2D eigenvalue weighted by atomic mass is 9.78. The van der Waals surface area contributed by atoms with E-state index in [0.717, 1.165) is 18.8 Å². The molecule has 3 heteroatoms. The second kappa shape index (κ2) is 5.01. The van der Waals surface area contributed by atoms with Crippen LogP contribution < -0.4 is 5.32 Å². The van der Waals surface area contributed by atoms with Crippen LogP contribution in [0, 0.1) is 5.92 Å². The zero-order valence-electron chi connectivity index (χ0n) is 9.11. The molecule has 0 spiro atoms. The maximum Gasteiger partial charge on any atom is 0.220 e. The first-order valence-corrected chi connectivity index (χ1v) is 6.02. The first kappa shape index (κ1) is 11.8. The second-order valence-corrected chi connectivity index (χ2v) is 4.77. The van der Waals surface area contributed by atoms with Crippen molar-refractivity contribution < 1.29 is 4.79 Å². The van der Waals surface area contributed by atoms with Gasteiger partial charge in [0.25, 0.3) is 0 Å². The first-order valence-electron chi connectivity index (χ1n) is 5.49. The molecule has 0 aliphatic heterocycles. The van der Waals surface area contributed by atoms with Crippen LogP contribution in [0.4, 0.5) is 0 Å². The minimum Gasteiger partial charge on any atom is -0.349 e. The number of hydrogen-bond acceptors (Lipinski definition) is 1. The topological polar surface area (TPSA) is 29.1 Å². The van der Waals surface area contributed by atoms with E-state index in [1.165, 1.54) is 12.8 Å². The molecule has 0 heterocycles. The molecule has 82 valence electrons. The zero-order chi connectivity index (χ0) is 10.6. The molecule has 0 atom stereocenters. The smallest absolute Gasteiger partial charge is 0.220 e. The first-order chi connectivity index (χ1) is 6.62. The number of alkyl halides is 1. The highest BCUT2D eigenvalue weighted by Gasteiger charge is 2.34. The van der Waals surface area contributed by atoms with Crippen molar-refractivity contribution in [3.63, 3.8) is 0 Å². The summed E-state index contributed by atoms with van der Waals surface area (Å²) in [5.74, 6) is 1.45. The summed E-state index contributed by atoms with van der Waals surface area (Å²) in [5.41, 5.74) is -0.110. The van der Waals surface area contributed by atoms with E-state index in [0.29, 0.717) is 12.3 Å². The third-order valence-corrected chi connectivity index (χ3v) is 3.72. The highest BCUT2D eigenvalue weighted by atomic mass is 35.5. The van der Waals surface area contributed by atoms with Crippen LogP contribution in [0.25, 0.3) is 0 Å². The molecular weight excluding hydrogens is 198 g/mol. The van der Waals surface area contributed by atoms with Crippen molar-refractivity contribution in [2.75, 3.05) is 5.88 Å². The van der Waals surface area contributed by atoms with Crippen molar-refractivity contribution in [2.24, 2.45) is 5.92 Å². The van der Waals surface area contributed by atoms with Crippen molar-refractivity contribution in [2.45, 2.75) is 51.5 Å². The fourth-order valence-electron chi connectivity index (χ4n) is 1.99. The molecule has 2 nitrogen and oxygen atoms in total. The number of carbonyl (C=O) groups is 1. The Balaban J connectivity index is 2.54. The molecule has 0 aromatic rings. The largest absolute Gasteiger partial charge is 0.349 e. The maximum absolute atomic E-state index is 11.4. The minimum absolute atomic E-state index is 0.110. The van der Waals surface area contributed by atoms with Crippen LogP contribution in [0.3, 0.4) is 0 Å². The van der Waals surface area contributed by atoms with Crippen molar-refractivity contribution in [3.8, 4) is 0 Å². The van der Waals surface area contributed by atoms with E-state index in [1.54, 1.807) is 0 Å². The molecule has 0 aromatic heterocycles. The molecule has 0 aromatic carbocycles. The summed E-state index contributed by atoms with van der Waals surface area (Å²) >= 11 is 5.97. The van der Waals surface area contributed by atoms with Gasteiger partial charge in [0.15, 0.2) is 0 Å². The normalized spacial score (nSPS) is 32.6. The monoisotopic (exact) mass is 217 g/mol. The van der Waals surface area contributed by atoms with Gasteiger partial charge in [0.05, 0.1) is 5.54 Å². The van der Waals surface area contributed by atoms with Crippen molar-refractivity contribution in [3.05, 3.63) is 0 Å². The number of carbonyl (C=O) groups excluding carboxylic acids is 1. The molecular formula is C11H20ClNO. The zero-order valence-corrected chi connectivity index (χ0v) is 9.86. The van der Waals surface area contributed by atoms with Gasteiger partial charge in [0, 0.05) is 12.3 Å². The summed E-state index contributed by atoms with van der Waals surface area (Å²) < 4.78 is 0. The standard InChI is InChI=1S/C11H20ClNO/c1-3-10(14)13-11(8-12)6-4-9(2)5-7-11/h9H,3-8H2,1-2H3,(H,13,14). The van der Waals surface area contributed by atoms with Gasteiger partial charge in [0.2, 0.25) is 5.91 Å². The molecule has 1 aliphatic carbocycles. The van der Waals surface area contributed by atoms with Gasteiger partial charge < -0.3 is 5.32 Å². The summed E-state index contributed by atoms with van der Waals surface area (Å²) in [5, 5.41) is 3.08. The lowest BCUT2D eigenvalue weighted by molar-refractivity contribution is -0.122. The van der Waals surface area contributed by atoms with Crippen LogP contribution in [0.15, 0.2) is 0 Å². The van der Waals surface area contributed by atoms with E-state index >= 15 is 0 Å². The number of rotatable bonds is 3. The summed E-state index contributed by atoms with van der Waals surface area (Å²) in [6.45, 7) is 4.14. The molecule has 1 amide bonds. The van der Waals surface area contributed by atoms with E-state index in [-0.39, 0.29) is 11.4 Å². The van der Waals surface area contributed by atoms with Crippen LogP contribution in [0.1, 0.15) is 46.0 Å². The molecule has 1 N–H and O–H groups in total. The van der Waals surface area contributed by atoms with Gasteiger partial charge in [-0.25, -0.2) is 0 Å². The second-order valence-electron chi connectivity index (χ2n) is 4.50. The average molecular weight is 218 g/mol. The van der Waals surface area contributed by atoms with Gasteiger partial charge in [-0.15, -0.1) is 11.6 Å². The van der Waals surface area contributed by atoms with Crippen LogP contribution >= 0.6 is 11.6 Å². The van der Waals surface area contributed by atoms with Gasteiger partial charge >= 0.3 is 0 Å². The van der Waals surface area contributed by atoms with Gasteiger partial charge in [-0.05, 0) is 31.6 Å². The highest BCUT2D eigenvalue weighted by molar-refractivity contribution is 6.18. The Morgan fingerprint density at radius 1 is 1.50 bits per heavy atom. The van der Waals surface area contributed by atoms with Gasteiger partial charge in [-0.2, -0.15) is 0 Å². The van der Waals surface area contributed by atoms with Crippen LogP contribution in [-0.2, 0) is 4.79 Å². The molecule has 14 heavy (non-hydrogen) atoms. The fraction of sp³-hybridized carbons (Fsp3) is 0.909. The summed E-state index contributed by atoms with van der Waals surface area (Å²) in [4.78, 5) is 11.4. The van der Waals surface area contributed by atoms with Crippen molar-refractivity contribution >= 4 is 17.5 Å².